The first kappa shape index (κ1) is 17.4. The molecule has 6 nitrogen and oxygen atoms in total. The quantitative estimate of drug-likeness (QED) is 0.560. The van der Waals surface area contributed by atoms with E-state index in [2.05, 4.69) is 5.32 Å². The third-order valence-electron chi connectivity index (χ3n) is 3.08. The van der Waals surface area contributed by atoms with Crippen molar-refractivity contribution >= 4 is 22.2 Å². The predicted molar refractivity (Wildman–Crippen MR) is 85.5 cm³/mol. The number of rotatable bonds is 9. The zero-order chi connectivity index (χ0) is 15.8. The molecule has 0 aliphatic heterocycles. The van der Waals surface area contributed by atoms with Gasteiger partial charge in [-0.2, -0.15) is 0 Å². The highest BCUT2D eigenvalue weighted by molar-refractivity contribution is 7.84. The third kappa shape index (κ3) is 5.34. The smallest absolute Gasteiger partial charge is 0.333 e. The van der Waals surface area contributed by atoms with E-state index in [0.29, 0.717) is 25.3 Å². The number of nitrogens with one attached hydrogen (secondary N) is 1. The first-order valence-corrected chi connectivity index (χ1v) is 8.55. The highest BCUT2D eigenvalue weighted by Gasteiger charge is 2.20. The van der Waals surface area contributed by atoms with E-state index >= 15 is 0 Å². The van der Waals surface area contributed by atoms with Gasteiger partial charge in [-0.1, -0.05) is 19.9 Å². The Bertz CT molecular complexity index is 508. The lowest BCUT2D eigenvalue weighted by molar-refractivity contribution is -0.385. The lowest BCUT2D eigenvalue weighted by Crippen LogP contribution is -2.15. The summed E-state index contributed by atoms with van der Waals surface area (Å²) in [7, 11) is -0.890. The van der Waals surface area contributed by atoms with Crippen molar-refractivity contribution in [3.8, 4) is 5.75 Å². The molecule has 7 heteroatoms. The Balaban J connectivity index is 2.81. The molecule has 1 N–H and O–H groups in total. The normalized spacial score (nSPS) is 13.5. The molecule has 1 aromatic carbocycles. The lowest BCUT2D eigenvalue weighted by atomic mass is 10.2. The molecule has 0 aliphatic rings. The fraction of sp³-hybridized carbons (Fsp3) is 0.571. The van der Waals surface area contributed by atoms with Crippen LogP contribution in [0.3, 0.4) is 0 Å². The van der Waals surface area contributed by atoms with Gasteiger partial charge in [0.05, 0.1) is 11.5 Å². The van der Waals surface area contributed by atoms with Crippen LogP contribution in [0.2, 0.25) is 0 Å². The summed E-state index contributed by atoms with van der Waals surface area (Å²) in [5.41, 5.74) is 0.388. The zero-order valence-electron chi connectivity index (χ0n) is 12.6. The second-order valence-electron chi connectivity index (χ2n) is 4.78. The van der Waals surface area contributed by atoms with Crippen molar-refractivity contribution in [1.29, 1.82) is 0 Å². The fourth-order valence-electron chi connectivity index (χ4n) is 1.76. The number of anilines is 1. The van der Waals surface area contributed by atoms with Crippen LogP contribution < -0.4 is 10.1 Å². The van der Waals surface area contributed by atoms with Crippen LogP contribution in [-0.4, -0.2) is 33.8 Å². The summed E-state index contributed by atoms with van der Waals surface area (Å²) in [5.74, 6) is 0.277. The van der Waals surface area contributed by atoms with Gasteiger partial charge in [0.2, 0.25) is 0 Å². The molecule has 0 bridgehead atoms. The van der Waals surface area contributed by atoms with Gasteiger partial charge in [0, 0.05) is 28.9 Å². The Morgan fingerprint density at radius 2 is 2.19 bits per heavy atom. The maximum Gasteiger partial charge on any atom is 0.333 e. The standard InChI is InChI=1S/C14H22N2O4S/c1-4-10-20-13-7-5-6-12(14(13)16(17)18)15-9-8-11(2)21(3)19/h5-7,11,15H,4,8-10H2,1-3H3. The van der Waals surface area contributed by atoms with E-state index in [1.807, 2.05) is 13.8 Å². The summed E-state index contributed by atoms with van der Waals surface area (Å²) in [6.45, 7) is 4.81. The minimum absolute atomic E-state index is 0.0452. The lowest BCUT2D eigenvalue weighted by Gasteiger charge is -2.12. The molecule has 1 aromatic rings. The van der Waals surface area contributed by atoms with Gasteiger partial charge in [-0.25, -0.2) is 0 Å². The monoisotopic (exact) mass is 314 g/mol. The predicted octanol–water partition coefficient (Wildman–Crippen LogP) is 2.95. The Labute approximate surface area is 127 Å². The van der Waals surface area contributed by atoms with Crippen LogP contribution in [0.25, 0.3) is 0 Å². The van der Waals surface area contributed by atoms with Crippen molar-refractivity contribution in [3.63, 3.8) is 0 Å². The maximum atomic E-state index is 11.3. The van der Waals surface area contributed by atoms with E-state index in [1.54, 1.807) is 24.5 Å². The molecule has 0 amide bonds. The van der Waals surface area contributed by atoms with Gasteiger partial charge in [-0.3, -0.25) is 14.3 Å². The maximum absolute atomic E-state index is 11.3. The summed E-state index contributed by atoms with van der Waals surface area (Å²) in [5, 5.41) is 14.3. The molecule has 0 heterocycles. The molecule has 0 aliphatic carbocycles. The molecule has 0 fully saturated rings. The number of hydrogen-bond acceptors (Lipinski definition) is 5. The van der Waals surface area contributed by atoms with Crippen LogP contribution in [0.1, 0.15) is 26.7 Å². The van der Waals surface area contributed by atoms with Crippen molar-refractivity contribution in [2.75, 3.05) is 24.7 Å². The number of nitrogens with zero attached hydrogens (tertiary/aromatic N) is 1. The summed E-state index contributed by atoms with van der Waals surface area (Å²) in [6.07, 6.45) is 3.13. The highest BCUT2D eigenvalue weighted by atomic mass is 32.2. The van der Waals surface area contributed by atoms with Gasteiger partial charge < -0.3 is 10.1 Å². The van der Waals surface area contributed by atoms with Gasteiger partial charge >= 0.3 is 5.69 Å². The second kappa shape index (κ2) is 8.61. The van der Waals surface area contributed by atoms with Crippen LogP contribution in [0.5, 0.6) is 5.75 Å². The van der Waals surface area contributed by atoms with Crippen LogP contribution in [0.4, 0.5) is 11.4 Å². The molecule has 0 spiro atoms. The molecule has 0 saturated carbocycles. The largest absolute Gasteiger partial charge is 0.487 e. The Morgan fingerprint density at radius 1 is 1.48 bits per heavy atom. The van der Waals surface area contributed by atoms with Gasteiger partial charge in [0.1, 0.15) is 5.69 Å². The van der Waals surface area contributed by atoms with Gasteiger partial charge in [-0.15, -0.1) is 0 Å². The minimum Gasteiger partial charge on any atom is -0.487 e. The number of benzene rings is 1. The fourth-order valence-corrected chi connectivity index (χ4v) is 2.21. The second-order valence-corrected chi connectivity index (χ2v) is 6.58. The zero-order valence-corrected chi connectivity index (χ0v) is 13.4. The summed E-state index contributed by atoms with van der Waals surface area (Å²) in [6, 6.07) is 4.98. The summed E-state index contributed by atoms with van der Waals surface area (Å²) >= 11 is 0. The number of hydrogen-bond donors (Lipinski definition) is 1. The molecular weight excluding hydrogens is 292 g/mol. The summed E-state index contributed by atoms with van der Waals surface area (Å²) in [4.78, 5) is 10.8. The van der Waals surface area contributed by atoms with Crippen molar-refractivity contribution in [2.24, 2.45) is 0 Å². The molecule has 0 saturated heterocycles. The number of nitro groups is 1. The SMILES string of the molecule is CCCOc1cccc(NCCC(C)S(C)=O)c1[N+](=O)[O-]. The Kier molecular flexibility index (Phi) is 7.14. The van der Waals surface area contributed by atoms with Crippen LogP contribution in [-0.2, 0) is 10.8 Å². The van der Waals surface area contributed by atoms with Crippen LogP contribution in [0, 0.1) is 10.1 Å². The van der Waals surface area contributed by atoms with Crippen molar-refractivity contribution in [1.82, 2.24) is 0 Å². The Morgan fingerprint density at radius 3 is 2.76 bits per heavy atom. The van der Waals surface area contributed by atoms with E-state index in [9.17, 15) is 14.3 Å². The van der Waals surface area contributed by atoms with Crippen LogP contribution in [0.15, 0.2) is 18.2 Å². The molecular formula is C14H22N2O4S. The average molecular weight is 314 g/mol. The minimum atomic E-state index is -0.890. The molecule has 2 unspecified atom stereocenters. The van der Waals surface area contributed by atoms with Gasteiger partial charge in [-0.05, 0) is 25.0 Å². The molecule has 21 heavy (non-hydrogen) atoms. The highest BCUT2D eigenvalue weighted by Crippen LogP contribution is 2.34. The number of nitro benzene ring substituents is 1. The molecule has 118 valence electrons. The Hall–Kier alpha value is -1.63. The van der Waals surface area contributed by atoms with E-state index in [0.717, 1.165) is 6.42 Å². The number of para-hydroxylation sites is 1. The third-order valence-corrected chi connectivity index (χ3v) is 4.45. The van der Waals surface area contributed by atoms with Crippen LogP contribution >= 0.6 is 0 Å². The van der Waals surface area contributed by atoms with E-state index in [1.165, 1.54) is 0 Å². The molecule has 0 aromatic heterocycles. The van der Waals surface area contributed by atoms with Crippen molar-refractivity contribution < 1.29 is 13.9 Å². The van der Waals surface area contributed by atoms with Gasteiger partial charge in [0.15, 0.2) is 5.75 Å². The molecule has 0 radical (unpaired) electrons. The first-order chi connectivity index (χ1) is 9.97. The molecule has 1 rings (SSSR count). The van der Waals surface area contributed by atoms with E-state index in [-0.39, 0.29) is 16.7 Å². The van der Waals surface area contributed by atoms with Crippen molar-refractivity contribution in [3.05, 3.63) is 28.3 Å². The average Bonchev–Trinajstić information content (AvgIpc) is 2.44. The van der Waals surface area contributed by atoms with E-state index in [4.69, 9.17) is 4.74 Å². The van der Waals surface area contributed by atoms with Crippen molar-refractivity contribution in [2.45, 2.75) is 31.9 Å². The topological polar surface area (TPSA) is 81.5 Å². The first-order valence-electron chi connectivity index (χ1n) is 6.93. The van der Waals surface area contributed by atoms with E-state index < -0.39 is 15.7 Å². The number of ether oxygens (including phenoxy) is 1. The van der Waals surface area contributed by atoms with Gasteiger partial charge in [0.25, 0.3) is 0 Å². The molecule has 2 atom stereocenters. The summed E-state index contributed by atoms with van der Waals surface area (Å²) < 4.78 is 16.7.